The molecular formula is C2H5Ni3-. The van der Waals surface area contributed by atoms with Gasteiger partial charge in [0.15, 0.2) is 0 Å². The first kappa shape index (κ1) is 31.6. The van der Waals surface area contributed by atoms with E-state index in [2.05, 4.69) is 6.92 Å². The van der Waals surface area contributed by atoms with Crippen LogP contribution in [-0.2, 0) is 49.5 Å². The molecule has 0 N–H and O–H groups in total. The van der Waals surface area contributed by atoms with E-state index in [1.165, 1.54) is 0 Å². The Morgan fingerprint density at radius 1 is 0.800 bits per heavy atom. The Balaban J connectivity index is -0.00000000167. The van der Waals surface area contributed by atoms with Gasteiger partial charge in [-0.2, -0.15) is 6.92 Å². The van der Waals surface area contributed by atoms with E-state index in [-0.39, 0.29) is 49.5 Å². The van der Waals surface area contributed by atoms with Gasteiger partial charge in [0, 0.05) is 49.5 Å². The monoisotopic (exact) mass is 203 g/mol. The molecule has 0 saturated carbocycles. The third kappa shape index (κ3) is 30.3. The smallest absolute Gasteiger partial charge is 0 e. The predicted molar refractivity (Wildman–Crippen MR) is 11.0 cm³/mol. The Bertz CT molecular complexity index is 4.85. The molecule has 0 aromatic heterocycles. The van der Waals surface area contributed by atoms with Crippen LogP contribution in [-0.4, -0.2) is 0 Å². The first-order valence-corrected chi connectivity index (χ1v) is 0.707. The van der Waals surface area contributed by atoms with Gasteiger partial charge in [0.2, 0.25) is 0 Å². The van der Waals surface area contributed by atoms with Gasteiger partial charge in [-0.05, 0) is 0 Å². The van der Waals surface area contributed by atoms with E-state index < -0.39 is 0 Å². The van der Waals surface area contributed by atoms with E-state index >= 15 is 0 Å². The van der Waals surface area contributed by atoms with Crippen molar-refractivity contribution >= 4 is 0 Å². The van der Waals surface area contributed by atoms with Crippen molar-refractivity contribution in [3.63, 3.8) is 0 Å². The van der Waals surface area contributed by atoms with Crippen molar-refractivity contribution in [2.45, 2.75) is 6.92 Å². The first-order valence-electron chi connectivity index (χ1n) is 0.707. The van der Waals surface area contributed by atoms with E-state index in [9.17, 15) is 0 Å². The van der Waals surface area contributed by atoms with Gasteiger partial charge >= 0.3 is 0 Å². The van der Waals surface area contributed by atoms with Crippen LogP contribution in [0.15, 0.2) is 0 Å². The van der Waals surface area contributed by atoms with E-state index in [4.69, 9.17) is 0 Å². The number of rotatable bonds is 0. The molecule has 0 saturated heterocycles. The molecule has 0 aromatic rings. The maximum atomic E-state index is 3.25. The zero-order chi connectivity index (χ0) is 2.00. The standard InChI is InChI=1S/C2H5.3Ni/c1-2;;;/h1H2,2H3;;;/q-1;;;. The van der Waals surface area contributed by atoms with Crippen molar-refractivity contribution in [1.29, 1.82) is 0 Å². The summed E-state index contributed by atoms with van der Waals surface area (Å²) >= 11 is 0. The van der Waals surface area contributed by atoms with E-state index in [1.54, 1.807) is 6.92 Å². The van der Waals surface area contributed by atoms with Gasteiger partial charge in [0.05, 0.1) is 0 Å². The minimum absolute atomic E-state index is 0. The zero-order valence-electron chi connectivity index (χ0n) is 2.66. The largest absolute Gasteiger partial charge is 0.346 e. The summed E-state index contributed by atoms with van der Waals surface area (Å²) in [5.74, 6) is 0. The van der Waals surface area contributed by atoms with Crippen LogP contribution in [0.1, 0.15) is 6.92 Å². The second-order valence-corrected chi connectivity index (χ2v) is 0. The Kier molecular flexibility index (Phi) is 318. The van der Waals surface area contributed by atoms with Crippen LogP contribution in [0.2, 0.25) is 0 Å². The normalized spacial score (nSPS) is 1.20. The first-order chi connectivity index (χ1) is 1.00. The summed E-state index contributed by atoms with van der Waals surface area (Å²) in [6.07, 6.45) is 0. The summed E-state index contributed by atoms with van der Waals surface area (Å²) in [5.41, 5.74) is 0. The van der Waals surface area contributed by atoms with E-state index in [0.29, 0.717) is 0 Å². The fourth-order valence-electron chi connectivity index (χ4n) is 0. The third-order valence-corrected chi connectivity index (χ3v) is 0. The van der Waals surface area contributed by atoms with Crippen LogP contribution in [0.25, 0.3) is 0 Å². The average Bonchev–Trinajstić information content (AvgIpc) is 1.00. The van der Waals surface area contributed by atoms with Gasteiger partial charge in [-0.25, -0.2) is 0 Å². The molecule has 0 aliphatic rings. The molecule has 0 bridgehead atoms. The van der Waals surface area contributed by atoms with Crippen molar-refractivity contribution in [1.82, 2.24) is 0 Å². The third-order valence-electron chi connectivity index (χ3n) is 0. The Hall–Kier alpha value is 1.48. The molecule has 0 heterocycles. The van der Waals surface area contributed by atoms with E-state index in [0.717, 1.165) is 0 Å². The maximum Gasteiger partial charge on any atom is 0 e. The minimum Gasteiger partial charge on any atom is -0.346 e. The fourth-order valence-corrected chi connectivity index (χ4v) is 0. The molecule has 0 radical (unpaired) electrons. The molecule has 44 valence electrons. The van der Waals surface area contributed by atoms with Crippen molar-refractivity contribution in [3.8, 4) is 0 Å². The molecule has 0 amide bonds. The molecule has 0 unspecified atom stereocenters. The second-order valence-electron chi connectivity index (χ2n) is 0. The average molecular weight is 205 g/mol. The second kappa shape index (κ2) is 50.2. The maximum absolute atomic E-state index is 3.25. The van der Waals surface area contributed by atoms with Crippen molar-refractivity contribution in [3.05, 3.63) is 6.92 Å². The Labute approximate surface area is 63.2 Å². The molecule has 0 aliphatic heterocycles. The number of hydrogen-bond acceptors (Lipinski definition) is 0. The molecule has 0 spiro atoms. The minimum atomic E-state index is 0. The summed E-state index contributed by atoms with van der Waals surface area (Å²) in [6, 6.07) is 0. The zero-order valence-corrected chi connectivity index (χ0v) is 5.62. The van der Waals surface area contributed by atoms with Crippen LogP contribution < -0.4 is 0 Å². The Morgan fingerprint density at radius 3 is 0.800 bits per heavy atom. The molecule has 0 nitrogen and oxygen atoms in total. The predicted octanol–water partition coefficient (Wildman–Crippen LogP) is 0.833. The summed E-state index contributed by atoms with van der Waals surface area (Å²) < 4.78 is 0. The molecule has 0 atom stereocenters. The fraction of sp³-hybridized carbons (Fsp3) is 0.500. The van der Waals surface area contributed by atoms with Crippen LogP contribution in [0.3, 0.4) is 0 Å². The molecule has 0 fully saturated rings. The van der Waals surface area contributed by atoms with Gasteiger partial charge in [-0.3, -0.25) is 0 Å². The molecule has 3 heteroatoms. The topological polar surface area (TPSA) is 0 Å². The van der Waals surface area contributed by atoms with E-state index in [1.807, 2.05) is 0 Å². The van der Waals surface area contributed by atoms with Crippen LogP contribution in [0, 0.1) is 6.92 Å². The van der Waals surface area contributed by atoms with Gasteiger partial charge in [-0.1, -0.05) is 0 Å². The molecule has 0 aromatic carbocycles. The van der Waals surface area contributed by atoms with Crippen LogP contribution >= 0.6 is 0 Å². The van der Waals surface area contributed by atoms with Crippen LogP contribution in [0.5, 0.6) is 0 Å². The molecule has 0 rings (SSSR count). The summed E-state index contributed by atoms with van der Waals surface area (Å²) in [7, 11) is 0. The van der Waals surface area contributed by atoms with Gasteiger partial charge in [0.1, 0.15) is 0 Å². The van der Waals surface area contributed by atoms with Crippen molar-refractivity contribution in [2.24, 2.45) is 0 Å². The van der Waals surface area contributed by atoms with Crippen molar-refractivity contribution < 1.29 is 49.5 Å². The number of hydrogen-bond donors (Lipinski definition) is 0. The summed E-state index contributed by atoms with van der Waals surface area (Å²) in [4.78, 5) is 0. The SMILES string of the molecule is [CH2-]C.[Ni].[Ni].[Ni]. The van der Waals surface area contributed by atoms with Gasteiger partial charge < -0.3 is 6.92 Å². The summed E-state index contributed by atoms with van der Waals surface area (Å²) in [5, 5.41) is 0. The molecule has 5 heavy (non-hydrogen) atoms. The molecule has 0 aliphatic carbocycles. The van der Waals surface area contributed by atoms with Gasteiger partial charge in [0.25, 0.3) is 0 Å². The van der Waals surface area contributed by atoms with Crippen LogP contribution in [0.4, 0.5) is 0 Å². The summed E-state index contributed by atoms with van der Waals surface area (Å²) in [6.45, 7) is 5.00. The quantitative estimate of drug-likeness (QED) is 0.406. The Morgan fingerprint density at radius 2 is 0.800 bits per heavy atom. The van der Waals surface area contributed by atoms with Crippen molar-refractivity contribution in [2.75, 3.05) is 0 Å². The van der Waals surface area contributed by atoms with Gasteiger partial charge in [-0.15, -0.1) is 0 Å². The molecular weight excluding hydrogens is 200 g/mol.